The molecule has 1 aromatic heterocycles. The number of hydrogen-bond acceptors (Lipinski definition) is 4. The second kappa shape index (κ2) is 8.08. The summed E-state index contributed by atoms with van der Waals surface area (Å²) in [6.45, 7) is 3.32. The van der Waals surface area contributed by atoms with Crippen molar-refractivity contribution < 1.29 is 9.59 Å². The van der Waals surface area contributed by atoms with E-state index in [2.05, 4.69) is 15.7 Å². The van der Waals surface area contributed by atoms with Crippen LogP contribution in [0.15, 0.2) is 30.5 Å². The molecule has 0 bridgehead atoms. The molecule has 0 spiro atoms. The number of nitrogens with one attached hydrogen (secondary N) is 2. The highest BCUT2D eigenvalue weighted by Crippen LogP contribution is 2.18. The number of aromatic nitrogens is 2. The SMILES string of the molecule is O=C(NCC1CCCN(C(=O)Cn2ncc3ccccc32)C1)C1CCCN1. The van der Waals surface area contributed by atoms with E-state index in [-0.39, 0.29) is 24.4 Å². The lowest BCUT2D eigenvalue weighted by atomic mass is 9.97. The van der Waals surface area contributed by atoms with E-state index in [0.29, 0.717) is 19.0 Å². The summed E-state index contributed by atoms with van der Waals surface area (Å²) >= 11 is 0. The predicted octanol–water partition coefficient (Wildman–Crippen LogP) is 1.14. The zero-order chi connectivity index (χ0) is 18.6. The van der Waals surface area contributed by atoms with Crippen LogP contribution in [0.3, 0.4) is 0 Å². The third kappa shape index (κ3) is 4.13. The first-order valence-corrected chi connectivity index (χ1v) is 9.90. The van der Waals surface area contributed by atoms with Gasteiger partial charge in [-0.05, 0) is 44.2 Å². The summed E-state index contributed by atoms with van der Waals surface area (Å²) in [5.74, 6) is 0.513. The summed E-state index contributed by atoms with van der Waals surface area (Å²) in [5, 5.41) is 11.7. The summed E-state index contributed by atoms with van der Waals surface area (Å²) in [6.07, 6.45) is 5.81. The summed E-state index contributed by atoms with van der Waals surface area (Å²) in [4.78, 5) is 26.9. The van der Waals surface area contributed by atoms with Crippen molar-refractivity contribution in [3.05, 3.63) is 30.5 Å². The molecule has 1 aromatic carbocycles. The van der Waals surface area contributed by atoms with Gasteiger partial charge in [-0.2, -0.15) is 5.10 Å². The Kier molecular flexibility index (Phi) is 5.38. The zero-order valence-electron chi connectivity index (χ0n) is 15.6. The topological polar surface area (TPSA) is 79.3 Å². The maximum absolute atomic E-state index is 12.8. The first kappa shape index (κ1) is 18.0. The van der Waals surface area contributed by atoms with Gasteiger partial charge in [0, 0.05) is 25.0 Å². The highest BCUT2D eigenvalue weighted by atomic mass is 16.2. The molecule has 7 heteroatoms. The van der Waals surface area contributed by atoms with E-state index < -0.39 is 0 Å². The van der Waals surface area contributed by atoms with E-state index >= 15 is 0 Å². The van der Waals surface area contributed by atoms with Gasteiger partial charge in [0.15, 0.2) is 0 Å². The van der Waals surface area contributed by atoms with Crippen molar-refractivity contribution in [3.63, 3.8) is 0 Å². The third-order valence-corrected chi connectivity index (χ3v) is 5.65. The molecule has 7 nitrogen and oxygen atoms in total. The Bertz CT molecular complexity index is 812. The van der Waals surface area contributed by atoms with Gasteiger partial charge in [-0.25, -0.2) is 0 Å². The van der Waals surface area contributed by atoms with Gasteiger partial charge in [-0.15, -0.1) is 0 Å². The van der Waals surface area contributed by atoms with Gasteiger partial charge in [0.25, 0.3) is 0 Å². The highest BCUT2D eigenvalue weighted by Gasteiger charge is 2.26. The van der Waals surface area contributed by atoms with Gasteiger partial charge in [0.05, 0.1) is 17.8 Å². The minimum absolute atomic E-state index is 0.0422. The van der Waals surface area contributed by atoms with E-state index in [0.717, 1.165) is 49.7 Å². The Labute approximate surface area is 159 Å². The quantitative estimate of drug-likeness (QED) is 0.829. The minimum Gasteiger partial charge on any atom is -0.354 e. The lowest BCUT2D eigenvalue weighted by molar-refractivity contribution is -0.133. The Morgan fingerprint density at radius 3 is 2.96 bits per heavy atom. The predicted molar refractivity (Wildman–Crippen MR) is 103 cm³/mol. The third-order valence-electron chi connectivity index (χ3n) is 5.65. The van der Waals surface area contributed by atoms with Gasteiger partial charge < -0.3 is 15.5 Å². The number of piperidine rings is 1. The second-order valence-corrected chi connectivity index (χ2v) is 7.60. The van der Waals surface area contributed by atoms with E-state index in [1.54, 1.807) is 10.9 Å². The molecule has 2 amide bonds. The molecule has 2 aliphatic heterocycles. The summed E-state index contributed by atoms with van der Waals surface area (Å²) in [6, 6.07) is 7.88. The minimum atomic E-state index is -0.0422. The fourth-order valence-corrected chi connectivity index (χ4v) is 4.11. The van der Waals surface area contributed by atoms with E-state index in [9.17, 15) is 9.59 Å². The molecule has 0 radical (unpaired) electrons. The van der Waals surface area contributed by atoms with Crippen LogP contribution in [0.5, 0.6) is 0 Å². The Morgan fingerprint density at radius 1 is 1.22 bits per heavy atom. The average Bonchev–Trinajstić information content (AvgIpc) is 3.37. The van der Waals surface area contributed by atoms with Crippen LogP contribution in [0.4, 0.5) is 0 Å². The van der Waals surface area contributed by atoms with Crippen molar-refractivity contribution in [2.24, 2.45) is 5.92 Å². The molecule has 2 N–H and O–H groups in total. The standard InChI is InChI=1S/C20H27N5O2/c26-19(14-25-18-8-2-1-6-16(18)12-23-25)24-10-4-5-15(13-24)11-22-20(27)17-7-3-9-21-17/h1-2,6,8,12,15,17,21H,3-5,7,9-11,13-14H2,(H,22,27). The van der Waals surface area contributed by atoms with E-state index in [1.807, 2.05) is 29.2 Å². The number of fused-ring (bicyclic) bond motifs is 1. The number of carbonyl (C=O) groups excluding carboxylic acids is 2. The van der Waals surface area contributed by atoms with Crippen molar-refractivity contribution in [2.75, 3.05) is 26.2 Å². The molecule has 2 aliphatic rings. The van der Waals surface area contributed by atoms with Crippen LogP contribution in [0, 0.1) is 5.92 Å². The second-order valence-electron chi connectivity index (χ2n) is 7.60. The maximum atomic E-state index is 12.8. The molecule has 27 heavy (non-hydrogen) atoms. The fraction of sp³-hybridized carbons (Fsp3) is 0.550. The molecule has 2 atom stereocenters. The highest BCUT2D eigenvalue weighted by molar-refractivity contribution is 5.82. The molecule has 2 fully saturated rings. The summed E-state index contributed by atoms with van der Waals surface area (Å²) in [7, 11) is 0. The van der Waals surface area contributed by atoms with Gasteiger partial charge in [-0.1, -0.05) is 18.2 Å². The average molecular weight is 369 g/mol. The molecule has 0 aliphatic carbocycles. The molecule has 2 aromatic rings. The zero-order valence-corrected chi connectivity index (χ0v) is 15.6. The number of benzene rings is 1. The lowest BCUT2D eigenvalue weighted by Crippen LogP contribution is -2.47. The van der Waals surface area contributed by atoms with Gasteiger partial charge in [0.2, 0.25) is 11.8 Å². The first-order chi connectivity index (χ1) is 13.2. The fourth-order valence-electron chi connectivity index (χ4n) is 4.11. The van der Waals surface area contributed by atoms with Crippen LogP contribution in [0.1, 0.15) is 25.7 Å². The van der Waals surface area contributed by atoms with Crippen molar-refractivity contribution in [1.29, 1.82) is 0 Å². The van der Waals surface area contributed by atoms with Crippen LogP contribution >= 0.6 is 0 Å². The van der Waals surface area contributed by atoms with Crippen LogP contribution < -0.4 is 10.6 Å². The van der Waals surface area contributed by atoms with E-state index in [1.165, 1.54) is 0 Å². The van der Waals surface area contributed by atoms with Crippen LogP contribution in [-0.4, -0.2) is 58.7 Å². The first-order valence-electron chi connectivity index (χ1n) is 9.90. The number of hydrogen-bond donors (Lipinski definition) is 2. The molecule has 2 saturated heterocycles. The molecule has 3 heterocycles. The van der Waals surface area contributed by atoms with Gasteiger partial charge >= 0.3 is 0 Å². The maximum Gasteiger partial charge on any atom is 0.244 e. The molecular weight excluding hydrogens is 342 g/mol. The van der Waals surface area contributed by atoms with Crippen molar-refractivity contribution in [3.8, 4) is 0 Å². The van der Waals surface area contributed by atoms with Gasteiger partial charge in [0.1, 0.15) is 6.54 Å². The Hall–Kier alpha value is -2.41. The molecule has 0 saturated carbocycles. The molecule has 4 rings (SSSR count). The van der Waals surface area contributed by atoms with E-state index in [4.69, 9.17) is 0 Å². The number of amides is 2. The molecule has 144 valence electrons. The van der Waals surface area contributed by atoms with Crippen molar-refractivity contribution in [1.82, 2.24) is 25.3 Å². The van der Waals surface area contributed by atoms with Crippen LogP contribution in [-0.2, 0) is 16.1 Å². The van der Waals surface area contributed by atoms with Crippen LogP contribution in [0.25, 0.3) is 10.9 Å². The monoisotopic (exact) mass is 369 g/mol. The van der Waals surface area contributed by atoms with Crippen LogP contribution in [0.2, 0.25) is 0 Å². The summed E-state index contributed by atoms with van der Waals surface area (Å²) < 4.78 is 1.77. The number of likely N-dealkylation sites (tertiary alicyclic amines) is 1. The molecule has 2 unspecified atom stereocenters. The van der Waals surface area contributed by atoms with Gasteiger partial charge in [-0.3, -0.25) is 14.3 Å². The lowest BCUT2D eigenvalue weighted by Gasteiger charge is -2.33. The number of rotatable bonds is 5. The Balaban J connectivity index is 1.31. The molecular formula is C20H27N5O2. The number of para-hydroxylation sites is 1. The normalized spacial score (nSPS) is 22.9. The number of carbonyl (C=O) groups is 2. The Morgan fingerprint density at radius 2 is 2.11 bits per heavy atom. The smallest absolute Gasteiger partial charge is 0.244 e. The van der Waals surface area contributed by atoms with Crippen molar-refractivity contribution in [2.45, 2.75) is 38.3 Å². The van der Waals surface area contributed by atoms with Crippen molar-refractivity contribution >= 4 is 22.7 Å². The number of nitrogens with zero attached hydrogens (tertiary/aromatic N) is 3. The summed E-state index contributed by atoms with van der Waals surface area (Å²) in [5.41, 5.74) is 0.982. The largest absolute Gasteiger partial charge is 0.354 e.